The zero-order valence-corrected chi connectivity index (χ0v) is 24.6. The highest BCUT2D eigenvalue weighted by Gasteiger charge is 2.36. The second-order valence-corrected chi connectivity index (χ2v) is 12.6. The average molecular weight is 537 g/mol. The van der Waals surface area contributed by atoms with Crippen molar-refractivity contribution in [1.29, 1.82) is 0 Å². The summed E-state index contributed by atoms with van der Waals surface area (Å²) in [4.78, 5) is 7.72. The van der Waals surface area contributed by atoms with Gasteiger partial charge in [-0.25, -0.2) is 4.98 Å². The fourth-order valence-corrected chi connectivity index (χ4v) is 6.16. The minimum absolute atomic E-state index is 0.0241. The molecule has 0 amide bonds. The van der Waals surface area contributed by atoms with Gasteiger partial charge in [0.05, 0.1) is 11.7 Å². The highest BCUT2D eigenvalue weighted by atomic mass is 16.5. The molecule has 9 heteroatoms. The number of ether oxygens (including phenoxy) is 1. The molecule has 214 valence electrons. The molecule has 3 unspecified atom stereocenters. The second-order valence-electron chi connectivity index (χ2n) is 12.6. The van der Waals surface area contributed by atoms with Crippen molar-refractivity contribution in [2.45, 2.75) is 130 Å². The molecule has 3 atom stereocenters. The fraction of sp³-hybridized carbons (Fsp3) is 0.767. The Bertz CT molecular complexity index is 1220. The van der Waals surface area contributed by atoms with Crippen LogP contribution in [0.1, 0.15) is 123 Å². The van der Waals surface area contributed by atoms with Crippen LogP contribution in [0.2, 0.25) is 0 Å². The lowest BCUT2D eigenvalue weighted by Crippen LogP contribution is -2.10. The third-order valence-corrected chi connectivity index (χ3v) is 8.36. The SMILES string of the molecule is CCC1CC(N=[N+]=[N-])CC1c1nnc2cnc3c(ccn3COCCCCCCCCCCCC(C)(C)C)n12. The molecular formula is C30H48N8O. The van der Waals surface area contributed by atoms with E-state index in [4.69, 9.17) is 10.3 Å². The standard InChI is InChI=1S/C30H48N8O/c1-5-23-19-24(33-36-31)20-25(23)28-35-34-27-21-32-29-26(38(27)28)15-17-37(29)22-39-18-14-12-10-8-6-7-9-11-13-16-30(2,3)4/h15,17,21,23-25H,5-14,16,18-20,22H2,1-4H3. The van der Waals surface area contributed by atoms with Crippen LogP contribution in [0.5, 0.6) is 0 Å². The highest BCUT2D eigenvalue weighted by molar-refractivity contribution is 5.75. The second kappa shape index (κ2) is 14.1. The Morgan fingerprint density at radius 1 is 1.03 bits per heavy atom. The lowest BCUT2D eigenvalue weighted by molar-refractivity contribution is 0.0763. The van der Waals surface area contributed by atoms with Crippen LogP contribution in [0, 0.1) is 11.3 Å². The lowest BCUT2D eigenvalue weighted by Gasteiger charge is -2.17. The molecule has 0 spiro atoms. The van der Waals surface area contributed by atoms with E-state index in [1.54, 1.807) is 6.20 Å². The van der Waals surface area contributed by atoms with Crippen LogP contribution >= 0.6 is 0 Å². The molecule has 0 aromatic carbocycles. The van der Waals surface area contributed by atoms with Crippen LogP contribution in [-0.4, -0.2) is 36.8 Å². The van der Waals surface area contributed by atoms with Gasteiger partial charge in [-0.3, -0.25) is 4.40 Å². The molecule has 1 aliphatic carbocycles. The lowest BCUT2D eigenvalue weighted by atomic mass is 9.89. The van der Waals surface area contributed by atoms with Gasteiger partial charge in [0.15, 0.2) is 11.3 Å². The molecular weight excluding hydrogens is 488 g/mol. The molecule has 1 aliphatic rings. The van der Waals surface area contributed by atoms with Crippen molar-refractivity contribution in [3.63, 3.8) is 0 Å². The first-order valence-corrected chi connectivity index (χ1v) is 15.2. The van der Waals surface area contributed by atoms with E-state index in [-0.39, 0.29) is 12.0 Å². The largest absolute Gasteiger partial charge is 0.361 e. The van der Waals surface area contributed by atoms with Crippen LogP contribution in [-0.2, 0) is 11.5 Å². The fourth-order valence-electron chi connectivity index (χ4n) is 6.16. The van der Waals surface area contributed by atoms with Gasteiger partial charge in [0.1, 0.15) is 12.6 Å². The van der Waals surface area contributed by atoms with Gasteiger partial charge in [0, 0.05) is 29.7 Å². The first-order valence-electron chi connectivity index (χ1n) is 15.2. The predicted octanol–water partition coefficient (Wildman–Crippen LogP) is 8.58. The van der Waals surface area contributed by atoms with Crippen LogP contribution in [0.15, 0.2) is 23.6 Å². The highest BCUT2D eigenvalue weighted by Crippen LogP contribution is 2.42. The summed E-state index contributed by atoms with van der Waals surface area (Å²) in [7, 11) is 0. The summed E-state index contributed by atoms with van der Waals surface area (Å²) < 4.78 is 10.2. The van der Waals surface area contributed by atoms with Gasteiger partial charge in [-0.15, -0.1) is 10.2 Å². The Balaban J connectivity index is 1.21. The summed E-state index contributed by atoms with van der Waals surface area (Å²) in [6.45, 7) is 10.5. The number of nitrogens with zero attached hydrogens (tertiary/aromatic N) is 8. The number of unbranched alkanes of at least 4 members (excludes halogenated alkanes) is 8. The van der Waals surface area contributed by atoms with Crippen molar-refractivity contribution in [2.24, 2.45) is 16.4 Å². The molecule has 3 heterocycles. The number of hydrogen-bond donors (Lipinski definition) is 0. The third-order valence-electron chi connectivity index (χ3n) is 8.36. The van der Waals surface area contributed by atoms with E-state index < -0.39 is 0 Å². The molecule has 0 aliphatic heterocycles. The minimum atomic E-state index is 0.0241. The normalized spacial score (nSPS) is 19.7. The van der Waals surface area contributed by atoms with E-state index in [0.717, 1.165) is 54.9 Å². The minimum Gasteiger partial charge on any atom is -0.361 e. The van der Waals surface area contributed by atoms with Crippen molar-refractivity contribution in [3.8, 4) is 0 Å². The quantitative estimate of drug-likeness (QED) is 0.0790. The van der Waals surface area contributed by atoms with Gasteiger partial charge in [-0.2, -0.15) is 0 Å². The van der Waals surface area contributed by atoms with Gasteiger partial charge in [0.2, 0.25) is 0 Å². The van der Waals surface area contributed by atoms with E-state index in [0.29, 0.717) is 18.1 Å². The van der Waals surface area contributed by atoms with Crippen molar-refractivity contribution in [2.75, 3.05) is 6.61 Å². The smallest absolute Gasteiger partial charge is 0.179 e. The Kier molecular flexibility index (Phi) is 10.6. The van der Waals surface area contributed by atoms with Gasteiger partial charge < -0.3 is 9.30 Å². The maximum atomic E-state index is 8.93. The Morgan fingerprint density at radius 2 is 1.74 bits per heavy atom. The maximum Gasteiger partial charge on any atom is 0.179 e. The maximum absolute atomic E-state index is 8.93. The van der Waals surface area contributed by atoms with E-state index in [1.165, 1.54) is 57.8 Å². The molecule has 3 aromatic heterocycles. The van der Waals surface area contributed by atoms with Crippen molar-refractivity contribution in [3.05, 3.63) is 34.7 Å². The van der Waals surface area contributed by atoms with Crippen molar-refractivity contribution in [1.82, 2.24) is 24.1 Å². The molecule has 0 N–H and O–H groups in total. The number of fused-ring (bicyclic) bond motifs is 3. The van der Waals surface area contributed by atoms with Gasteiger partial charge >= 0.3 is 0 Å². The topological polar surface area (TPSA) is 106 Å². The monoisotopic (exact) mass is 536 g/mol. The summed E-state index contributed by atoms with van der Waals surface area (Å²) in [5, 5.41) is 13.0. The number of azide groups is 1. The van der Waals surface area contributed by atoms with Crippen molar-refractivity contribution < 1.29 is 4.74 Å². The van der Waals surface area contributed by atoms with E-state index in [1.807, 2.05) is 6.20 Å². The Hall–Kier alpha value is -2.64. The molecule has 0 saturated heterocycles. The molecule has 0 bridgehead atoms. The van der Waals surface area contributed by atoms with Gasteiger partial charge in [0.25, 0.3) is 0 Å². The van der Waals surface area contributed by atoms with Gasteiger partial charge in [-0.1, -0.05) is 90.6 Å². The molecule has 9 nitrogen and oxygen atoms in total. The van der Waals surface area contributed by atoms with Crippen molar-refractivity contribution >= 4 is 16.8 Å². The average Bonchev–Trinajstić information content (AvgIpc) is 3.62. The molecule has 39 heavy (non-hydrogen) atoms. The Labute approximate surface area is 233 Å². The zero-order valence-electron chi connectivity index (χ0n) is 24.6. The number of rotatable bonds is 16. The summed E-state index contributed by atoms with van der Waals surface area (Å²) in [5.74, 6) is 1.60. The summed E-state index contributed by atoms with van der Waals surface area (Å²) in [6.07, 6.45) is 19.8. The predicted molar refractivity (Wildman–Crippen MR) is 157 cm³/mol. The van der Waals surface area contributed by atoms with E-state index in [9.17, 15) is 0 Å². The molecule has 0 radical (unpaired) electrons. The zero-order chi connectivity index (χ0) is 27.7. The van der Waals surface area contributed by atoms with Gasteiger partial charge in [-0.05, 0) is 48.6 Å². The van der Waals surface area contributed by atoms with Crippen LogP contribution < -0.4 is 0 Å². The molecule has 1 fully saturated rings. The molecule has 3 aromatic rings. The first kappa shape index (κ1) is 29.3. The van der Waals surface area contributed by atoms with E-state index >= 15 is 0 Å². The summed E-state index contributed by atoms with van der Waals surface area (Å²) in [5.41, 5.74) is 12.0. The van der Waals surface area contributed by atoms with Crippen LogP contribution in [0.4, 0.5) is 0 Å². The van der Waals surface area contributed by atoms with Crippen LogP contribution in [0.3, 0.4) is 0 Å². The Morgan fingerprint density at radius 3 is 2.44 bits per heavy atom. The third kappa shape index (κ3) is 7.95. The summed E-state index contributed by atoms with van der Waals surface area (Å²) in [6, 6.07) is 2.10. The first-order chi connectivity index (χ1) is 18.9. The van der Waals surface area contributed by atoms with Crippen LogP contribution in [0.25, 0.3) is 27.3 Å². The molecule has 1 saturated carbocycles. The van der Waals surface area contributed by atoms with E-state index in [2.05, 4.69) is 67.9 Å². The number of aromatic nitrogens is 5. The summed E-state index contributed by atoms with van der Waals surface area (Å²) >= 11 is 0. The molecule has 4 rings (SSSR count). The number of hydrogen-bond acceptors (Lipinski definition) is 5.